The lowest BCUT2D eigenvalue weighted by molar-refractivity contribution is 1.11. The minimum atomic E-state index is 0.753. The molecule has 12 heavy (non-hydrogen) atoms. The summed E-state index contributed by atoms with van der Waals surface area (Å²) < 4.78 is 1.18. The second-order valence-corrected chi connectivity index (χ2v) is 4.07. The maximum Gasteiger partial charge on any atom is 0.100 e. The lowest BCUT2D eigenvalue weighted by Crippen LogP contribution is -1.74. The van der Waals surface area contributed by atoms with Gasteiger partial charge in [0.25, 0.3) is 0 Å². The first-order chi connectivity index (χ1) is 5.81. The van der Waals surface area contributed by atoms with Crippen molar-refractivity contribution in [2.75, 3.05) is 0 Å². The van der Waals surface area contributed by atoms with Crippen LogP contribution in [0.25, 0.3) is 10.2 Å². The van der Waals surface area contributed by atoms with Crippen molar-refractivity contribution in [2.45, 2.75) is 13.3 Å². The van der Waals surface area contributed by atoms with Gasteiger partial charge in [0, 0.05) is 0 Å². The molecule has 2 rings (SSSR count). The van der Waals surface area contributed by atoms with E-state index < -0.39 is 0 Å². The Bertz CT molecular complexity index is 408. The van der Waals surface area contributed by atoms with E-state index in [1.807, 2.05) is 12.1 Å². The molecule has 2 aromatic rings. The summed E-state index contributed by atoms with van der Waals surface area (Å²) in [5.41, 5.74) is 0.945. The highest BCUT2D eigenvalue weighted by atomic mass is 35.5. The molecule has 0 aliphatic carbocycles. The van der Waals surface area contributed by atoms with Gasteiger partial charge in [0.1, 0.15) is 5.52 Å². The molecule has 62 valence electrons. The molecule has 0 saturated carbocycles. The molecular formula is C9H8ClNS. The Balaban J connectivity index is 2.74. The summed E-state index contributed by atoms with van der Waals surface area (Å²) in [6.07, 6.45) is 0.982. The molecule has 3 heteroatoms. The third-order valence-electron chi connectivity index (χ3n) is 1.72. The Morgan fingerprint density at radius 1 is 1.50 bits per heavy atom. The zero-order chi connectivity index (χ0) is 8.55. The number of hydrogen-bond acceptors (Lipinski definition) is 2. The molecule has 1 aromatic heterocycles. The third kappa shape index (κ3) is 1.21. The average Bonchev–Trinajstić information content (AvgIpc) is 2.49. The van der Waals surface area contributed by atoms with Crippen molar-refractivity contribution in [3.05, 3.63) is 28.2 Å². The number of fused-ring (bicyclic) bond motifs is 1. The third-order valence-corrected chi connectivity index (χ3v) is 3.19. The zero-order valence-corrected chi connectivity index (χ0v) is 8.25. The number of halogens is 1. The molecule has 1 aromatic carbocycles. The first-order valence-electron chi connectivity index (χ1n) is 3.85. The van der Waals surface area contributed by atoms with Crippen LogP contribution in [0.2, 0.25) is 5.02 Å². The van der Waals surface area contributed by atoms with Gasteiger partial charge in [0.2, 0.25) is 0 Å². The molecule has 0 spiro atoms. The maximum absolute atomic E-state index is 5.97. The van der Waals surface area contributed by atoms with Crippen LogP contribution in [0.15, 0.2) is 18.2 Å². The summed E-state index contributed by atoms with van der Waals surface area (Å²) in [6.45, 7) is 2.10. The Morgan fingerprint density at radius 3 is 3.00 bits per heavy atom. The number of aromatic nitrogens is 1. The summed E-state index contributed by atoms with van der Waals surface area (Å²) in [4.78, 5) is 4.42. The number of rotatable bonds is 1. The van der Waals surface area contributed by atoms with Gasteiger partial charge in [-0.05, 0) is 18.6 Å². The molecule has 0 atom stereocenters. The number of thiazole rings is 1. The van der Waals surface area contributed by atoms with Crippen molar-refractivity contribution >= 4 is 33.2 Å². The first-order valence-corrected chi connectivity index (χ1v) is 5.04. The van der Waals surface area contributed by atoms with E-state index in [9.17, 15) is 0 Å². The predicted molar refractivity (Wildman–Crippen MR) is 54.0 cm³/mol. The van der Waals surface area contributed by atoms with Gasteiger partial charge < -0.3 is 0 Å². The normalized spacial score (nSPS) is 10.8. The molecule has 0 unspecified atom stereocenters. The van der Waals surface area contributed by atoms with Gasteiger partial charge in [0.05, 0.1) is 14.7 Å². The minimum absolute atomic E-state index is 0.753. The van der Waals surface area contributed by atoms with E-state index in [4.69, 9.17) is 11.6 Å². The van der Waals surface area contributed by atoms with E-state index in [2.05, 4.69) is 18.0 Å². The van der Waals surface area contributed by atoms with E-state index in [1.165, 1.54) is 4.70 Å². The summed E-state index contributed by atoms with van der Waals surface area (Å²) in [5.74, 6) is 0. The van der Waals surface area contributed by atoms with Crippen LogP contribution in [0.3, 0.4) is 0 Å². The van der Waals surface area contributed by atoms with Crippen molar-refractivity contribution in [1.29, 1.82) is 0 Å². The molecule has 0 N–H and O–H groups in total. The highest BCUT2D eigenvalue weighted by Crippen LogP contribution is 2.27. The fraction of sp³-hybridized carbons (Fsp3) is 0.222. The molecule has 0 saturated heterocycles. The van der Waals surface area contributed by atoms with Gasteiger partial charge in [-0.3, -0.25) is 0 Å². The standard InChI is InChI=1S/C9H8ClNS/c1-2-8-11-9-6(10)4-3-5-7(9)12-8/h3-5H,2H2,1H3. The molecule has 0 radical (unpaired) electrons. The van der Waals surface area contributed by atoms with E-state index in [0.717, 1.165) is 22.0 Å². The highest BCUT2D eigenvalue weighted by Gasteiger charge is 2.04. The SMILES string of the molecule is CCc1nc2c(Cl)cccc2s1. The molecule has 1 nitrogen and oxygen atoms in total. The van der Waals surface area contributed by atoms with Crippen molar-refractivity contribution in [1.82, 2.24) is 4.98 Å². The van der Waals surface area contributed by atoms with Crippen LogP contribution in [0.5, 0.6) is 0 Å². The Kier molecular flexibility index (Phi) is 2.03. The quantitative estimate of drug-likeness (QED) is 0.682. The lowest BCUT2D eigenvalue weighted by atomic mass is 10.3. The smallest absolute Gasteiger partial charge is 0.100 e. The largest absolute Gasteiger partial charge is 0.240 e. The monoisotopic (exact) mass is 197 g/mol. The van der Waals surface area contributed by atoms with Crippen molar-refractivity contribution in [2.24, 2.45) is 0 Å². The molecule has 0 amide bonds. The van der Waals surface area contributed by atoms with Crippen molar-refractivity contribution in [3.63, 3.8) is 0 Å². The van der Waals surface area contributed by atoms with Gasteiger partial charge >= 0.3 is 0 Å². The van der Waals surface area contributed by atoms with E-state index >= 15 is 0 Å². The molecule has 1 heterocycles. The summed E-state index contributed by atoms with van der Waals surface area (Å²) in [7, 11) is 0. The van der Waals surface area contributed by atoms with Crippen molar-refractivity contribution < 1.29 is 0 Å². The fourth-order valence-corrected chi connectivity index (χ4v) is 2.32. The number of benzene rings is 1. The van der Waals surface area contributed by atoms with Crippen LogP contribution in [0.4, 0.5) is 0 Å². The summed E-state index contributed by atoms with van der Waals surface area (Å²) >= 11 is 7.69. The van der Waals surface area contributed by atoms with Crippen LogP contribution < -0.4 is 0 Å². The fourth-order valence-electron chi connectivity index (χ4n) is 1.11. The van der Waals surface area contributed by atoms with Gasteiger partial charge in [-0.25, -0.2) is 4.98 Å². The average molecular weight is 198 g/mol. The number of hydrogen-bond donors (Lipinski definition) is 0. The van der Waals surface area contributed by atoms with Gasteiger partial charge in [0.15, 0.2) is 0 Å². The molecule has 0 aliphatic heterocycles. The lowest BCUT2D eigenvalue weighted by Gasteiger charge is -1.88. The van der Waals surface area contributed by atoms with E-state index in [0.29, 0.717) is 0 Å². The molecule has 0 bridgehead atoms. The predicted octanol–water partition coefficient (Wildman–Crippen LogP) is 3.51. The number of aryl methyl sites for hydroxylation is 1. The van der Waals surface area contributed by atoms with E-state index in [1.54, 1.807) is 11.3 Å². The summed E-state index contributed by atoms with van der Waals surface area (Å²) in [6, 6.07) is 5.89. The Labute approximate surface area is 80.0 Å². The Hall–Kier alpha value is -0.600. The minimum Gasteiger partial charge on any atom is -0.240 e. The zero-order valence-electron chi connectivity index (χ0n) is 6.67. The van der Waals surface area contributed by atoms with Crippen LogP contribution in [-0.2, 0) is 6.42 Å². The van der Waals surface area contributed by atoms with Crippen LogP contribution in [0, 0.1) is 0 Å². The second kappa shape index (κ2) is 3.04. The summed E-state index contributed by atoms with van der Waals surface area (Å²) in [5, 5.41) is 1.90. The second-order valence-electron chi connectivity index (χ2n) is 2.55. The van der Waals surface area contributed by atoms with Crippen LogP contribution >= 0.6 is 22.9 Å². The number of nitrogens with zero attached hydrogens (tertiary/aromatic N) is 1. The number of para-hydroxylation sites is 1. The molecular weight excluding hydrogens is 190 g/mol. The van der Waals surface area contributed by atoms with Crippen molar-refractivity contribution in [3.8, 4) is 0 Å². The topological polar surface area (TPSA) is 12.9 Å². The van der Waals surface area contributed by atoms with Crippen LogP contribution in [-0.4, -0.2) is 4.98 Å². The molecule has 0 aliphatic rings. The van der Waals surface area contributed by atoms with Crippen LogP contribution in [0.1, 0.15) is 11.9 Å². The highest BCUT2D eigenvalue weighted by molar-refractivity contribution is 7.18. The van der Waals surface area contributed by atoms with Gasteiger partial charge in [-0.15, -0.1) is 11.3 Å². The van der Waals surface area contributed by atoms with E-state index in [-0.39, 0.29) is 0 Å². The molecule has 0 fully saturated rings. The van der Waals surface area contributed by atoms with Gasteiger partial charge in [-0.1, -0.05) is 24.6 Å². The maximum atomic E-state index is 5.97. The first kappa shape index (κ1) is 8.02. The Morgan fingerprint density at radius 2 is 2.33 bits per heavy atom. The van der Waals surface area contributed by atoms with Gasteiger partial charge in [-0.2, -0.15) is 0 Å².